The van der Waals surface area contributed by atoms with E-state index in [-0.39, 0.29) is 11.1 Å². The Balaban J connectivity index is 2.03. The van der Waals surface area contributed by atoms with Crippen molar-refractivity contribution < 1.29 is 31.1 Å². The summed E-state index contributed by atoms with van der Waals surface area (Å²) in [5, 5.41) is 4.10. The molecule has 0 N–H and O–H groups in total. The van der Waals surface area contributed by atoms with E-state index in [0.717, 1.165) is 47.3 Å². The summed E-state index contributed by atoms with van der Waals surface area (Å²) < 4.78 is 83.9. The first kappa shape index (κ1) is 28.1. The van der Waals surface area contributed by atoms with E-state index < -0.39 is 52.2 Å². The van der Waals surface area contributed by atoms with E-state index in [1.54, 1.807) is 14.1 Å². The molecule has 2 heterocycles. The lowest BCUT2D eigenvalue weighted by molar-refractivity contribution is -0.137. The predicted octanol–water partition coefficient (Wildman–Crippen LogP) is 5.55. The summed E-state index contributed by atoms with van der Waals surface area (Å²) in [6, 6.07) is 8.78. The number of benzene rings is 2. The number of carbonyl (C=O) groups excluding carboxylic acids is 1. The highest BCUT2D eigenvalue weighted by molar-refractivity contribution is 6.24. The Morgan fingerprint density at radius 2 is 1.43 bits per heavy atom. The fourth-order valence-electron chi connectivity index (χ4n) is 3.61. The number of carbonyl (C=O) groups is 1. The third-order valence-electron chi connectivity index (χ3n) is 5.34. The Labute approximate surface area is 223 Å². The number of alkyl halides is 6. The van der Waals surface area contributed by atoms with Gasteiger partial charge in [-0.3, -0.25) is 4.79 Å². The first-order valence-electron chi connectivity index (χ1n) is 11.4. The van der Waals surface area contributed by atoms with Crippen molar-refractivity contribution in [1.82, 2.24) is 29.6 Å². The lowest BCUT2D eigenvalue weighted by atomic mass is 10.1. The Morgan fingerprint density at radius 3 is 2.00 bits per heavy atom. The van der Waals surface area contributed by atoms with Gasteiger partial charge in [-0.1, -0.05) is 36.4 Å². The summed E-state index contributed by atoms with van der Waals surface area (Å²) in [6.07, 6.45) is -3.67. The molecule has 2 aromatic carbocycles. The molecule has 0 aliphatic rings. The molecular weight excluding hydrogens is 540 g/mol. The quantitative estimate of drug-likeness (QED) is 0.133. The maximum Gasteiger partial charge on any atom is 0.417 e. The lowest BCUT2D eigenvalue weighted by Crippen LogP contribution is -2.11. The van der Waals surface area contributed by atoms with E-state index >= 15 is 0 Å². The number of amides is 1. The molecule has 0 fully saturated rings. The number of rotatable bonds is 6. The molecule has 1 amide bonds. The molecule has 2 aromatic heterocycles. The predicted molar refractivity (Wildman–Crippen MR) is 134 cm³/mol. The van der Waals surface area contributed by atoms with Gasteiger partial charge < -0.3 is 4.90 Å². The Bertz CT molecular complexity index is 1570. The topological polar surface area (TPSA) is 89.2 Å². The molecule has 0 radical (unpaired) electrons. The molecule has 0 aliphatic carbocycles. The average molecular weight is 559 g/mol. The van der Waals surface area contributed by atoms with Crippen LogP contribution in [0.3, 0.4) is 0 Å². The molecule has 0 bridgehead atoms. The summed E-state index contributed by atoms with van der Waals surface area (Å²) in [5.74, 6) is -1.81. The van der Waals surface area contributed by atoms with Crippen molar-refractivity contribution in [3.05, 3.63) is 83.9 Å². The fraction of sp³-hybridized carbons (Fsp3) is 0.154. The van der Waals surface area contributed by atoms with E-state index in [2.05, 4.69) is 25.0 Å². The fourth-order valence-corrected chi connectivity index (χ4v) is 3.61. The van der Waals surface area contributed by atoms with Crippen LogP contribution in [0.4, 0.5) is 26.3 Å². The normalized spacial score (nSPS) is 12.7. The van der Waals surface area contributed by atoms with Crippen molar-refractivity contribution in [1.29, 1.82) is 0 Å². The first-order valence-corrected chi connectivity index (χ1v) is 11.4. The van der Waals surface area contributed by atoms with Crippen LogP contribution in [0, 0.1) is 0 Å². The van der Waals surface area contributed by atoms with E-state index in [4.69, 9.17) is 0 Å². The number of aromatic nitrogens is 5. The number of hydrogen-bond donors (Lipinski definition) is 0. The minimum Gasteiger partial charge on any atom is -0.369 e. The minimum absolute atomic E-state index is 0.131. The smallest absolute Gasteiger partial charge is 0.369 e. The van der Waals surface area contributed by atoms with Gasteiger partial charge in [-0.05, 0) is 12.1 Å². The second-order valence-corrected chi connectivity index (χ2v) is 8.47. The van der Waals surface area contributed by atoms with Crippen LogP contribution in [0.25, 0.3) is 34.5 Å². The number of hydrogen-bond acceptors (Lipinski definition) is 5. The lowest BCUT2D eigenvalue weighted by Gasteiger charge is -2.12. The highest BCUT2D eigenvalue weighted by Crippen LogP contribution is 2.39. The summed E-state index contributed by atoms with van der Waals surface area (Å²) in [6.45, 7) is 0. The Morgan fingerprint density at radius 1 is 0.875 bits per heavy atom. The molecule has 0 spiro atoms. The molecule has 8 nitrogen and oxygen atoms in total. The summed E-state index contributed by atoms with van der Waals surface area (Å²) in [5.41, 5.74) is -3.20. The van der Waals surface area contributed by atoms with E-state index in [0.29, 0.717) is 0 Å². The zero-order valence-corrected chi connectivity index (χ0v) is 20.8. The maximum atomic E-state index is 13.9. The molecule has 4 aromatic rings. The molecule has 0 aliphatic heterocycles. The average Bonchev–Trinajstić information content (AvgIpc) is 3.33. The van der Waals surface area contributed by atoms with Gasteiger partial charge in [0.2, 0.25) is 0 Å². The second kappa shape index (κ2) is 11.1. The van der Waals surface area contributed by atoms with Crippen LogP contribution in [-0.2, 0) is 17.1 Å². The Hall–Kier alpha value is -4.88. The number of halogens is 6. The highest BCUT2D eigenvalue weighted by Gasteiger charge is 2.37. The van der Waals surface area contributed by atoms with E-state index in [9.17, 15) is 31.1 Å². The standard InChI is InChI=1S/C26H19F6N7O/c1-38(2)15-35-24(40)19(16-11-33-14-34-12-16)13-39-23(18-8-4-6-10-21(18)26(30,31)32)36-22(37-39)17-7-3-5-9-20(17)25(27,28)29/h3-15H,1-2H3/b19-13+,35-15?. The molecule has 206 valence electrons. The van der Waals surface area contributed by atoms with Crippen LogP contribution >= 0.6 is 0 Å². The second-order valence-electron chi connectivity index (χ2n) is 8.47. The molecule has 40 heavy (non-hydrogen) atoms. The monoisotopic (exact) mass is 559 g/mol. The van der Waals surface area contributed by atoms with Crippen molar-refractivity contribution >= 4 is 24.0 Å². The molecular formula is C26H19F6N7O. The van der Waals surface area contributed by atoms with Crippen molar-refractivity contribution in [3.63, 3.8) is 0 Å². The van der Waals surface area contributed by atoms with Gasteiger partial charge in [0.25, 0.3) is 5.91 Å². The third kappa shape index (κ3) is 6.22. The van der Waals surface area contributed by atoms with Crippen molar-refractivity contribution in [2.75, 3.05) is 14.1 Å². The van der Waals surface area contributed by atoms with Gasteiger partial charge in [-0.2, -0.15) is 31.3 Å². The Kier molecular flexibility index (Phi) is 7.79. The van der Waals surface area contributed by atoms with Crippen LogP contribution in [0.5, 0.6) is 0 Å². The van der Waals surface area contributed by atoms with Gasteiger partial charge in [0.1, 0.15) is 6.33 Å². The van der Waals surface area contributed by atoms with Gasteiger partial charge in [-0.15, -0.1) is 5.10 Å². The summed E-state index contributed by atoms with van der Waals surface area (Å²) in [4.78, 5) is 30.2. The maximum absolute atomic E-state index is 13.9. The van der Waals surface area contributed by atoms with E-state index in [1.807, 2.05) is 0 Å². The van der Waals surface area contributed by atoms with Crippen LogP contribution < -0.4 is 0 Å². The largest absolute Gasteiger partial charge is 0.417 e. The third-order valence-corrected chi connectivity index (χ3v) is 5.34. The van der Waals surface area contributed by atoms with Gasteiger partial charge >= 0.3 is 12.4 Å². The molecule has 0 saturated carbocycles. The zero-order valence-electron chi connectivity index (χ0n) is 20.8. The first-order chi connectivity index (χ1) is 18.9. The molecule has 14 heteroatoms. The minimum atomic E-state index is -4.83. The number of aliphatic imine (C=N–C) groups is 1. The van der Waals surface area contributed by atoms with E-state index in [1.165, 1.54) is 42.1 Å². The van der Waals surface area contributed by atoms with Crippen molar-refractivity contribution in [2.24, 2.45) is 4.99 Å². The SMILES string of the molecule is CN(C)C=NC(=O)/C(=C/n1nc(-c2ccccc2C(F)(F)F)nc1-c1ccccc1C(F)(F)F)c1cncnc1. The molecule has 0 unspecified atom stereocenters. The molecule has 4 rings (SSSR count). The van der Waals surface area contributed by atoms with Gasteiger partial charge in [0.15, 0.2) is 11.6 Å². The zero-order chi connectivity index (χ0) is 29.1. The molecule has 0 atom stereocenters. The summed E-state index contributed by atoms with van der Waals surface area (Å²) in [7, 11) is 3.22. The molecule has 0 saturated heterocycles. The van der Waals surface area contributed by atoms with Crippen molar-refractivity contribution in [3.8, 4) is 22.8 Å². The van der Waals surface area contributed by atoms with Crippen LogP contribution in [-0.4, -0.2) is 56.0 Å². The summed E-state index contributed by atoms with van der Waals surface area (Å²) >= 11 is 0. The van der Waals surface area contributed by atoms with Gasteiger partial charge in [-0.25, -0.2) is 19.6 Å². The van der Waals surface area contributed by atoms with Gasteiger partial charge in [0.05, 0.1) is 23.0 Å². The van der Waals surface area contributed by atoms with Crippen molar-refractivity contribution in [2.45, 2.75) is 12.4 Å². The van der Waals surface area contributed by atoms with Gasteiger partial charge in [0, 0.05) is 49.4 Å². The number of nitrogens with zero attached hydrogens (tertiary/aromatic N) is 7. The van der Waals surface area contributed by atoms with Crippen LogP contribution in [0.2, 0.25) is 0 Å². The van der Waals surface area contributed by atoms with Crippen LogP contribution in [0.1, 0.15) is 16.7 Å². The highest BCUT2D eigenvalue weighted by atomic mass is 19.4. The van der Waals surface area contributed by atoms with Crippen LogP contribution in [0.15, 0.2) is 72.2 Å².